The van der Waals surface area contributed by atoms with Gasteiger partial charge in [-0.1, -0.05) is 29.8 Å². The Morgan fingerprint density at radius 2 is 1.97 bits per heavy atom. The van der Waals surface area contributed by atoms with Crippen LogP contribution in [-0.4, -0.2) is 58.2 Å². The molecule has 4 atom stereocenters. The molecule has 8 heteroatoms. The van der Waals surface area contributed by atoms with Crippen LogP contribution in [-0.2, 0) is 11.2 Å². The van der Waals surface area contributed by atoms with E-state index in [1.54, 1.807) is 12.1 Å². The largest absolute Gasteiger partial charge is 0.490 e. The zero-order chi connectivity index (χ0) is 20.5. The van der Waals surface area contributed by atoms with E-state index in [0.29, 0.717) is 23.6 Å². The number of hydrogen-bond acceptors (Lipinski definition) is 7. The number of aliphatic hydroxyl groups is 4. The third-order valence-electron chi connectivity index (χ3n) is 5.34. The Hall–Kier alpha value is -1.87. The first kappa shape index (κ1) is 20.4. The first-order valence-corrected chi connectivity index (χ1v) is 9.96. The second-order valence-electron chi connectivity index (χ2n) is 7.44. The number of benzene rings is 2. The lowest BCUT2D eigenvalue weighted by Gasteiger charge is -2.38. The normalized spacial score (nSPS) is 26.6. The van der Waals surface area contributed by atoms with E-state index in [9.17, 15) is 20.4 Å². The van der Waals surface area contributed by atoms with Gasteiger partial charge in [0.05, 0.1) is 11.8 Å². The summed E-state index contributed by atoms with van der Waals surface area (Å²) < 4.78 is 11.3. The van der Waals surface area contributed by atoms with Gasteiger partial charge in [-0.15, -0.1) is 0 Å². The smallest absolute Gasteiger partial charge is 0.178 e. The van der Waals surface area contributed by atoms with Crippen LogP contribution in [0.2, 0.25) is 5.02 Å². The van der Waals surface area contributed by atoms with Crippen molar-refractivity contribution in [1.29, 1.82) is 0 Å². The van der Waals surface area contributed by atoms with Crippen molar-refractivity contribution in [3.8, 4) is 5.75 Å². The van der Waals surface area contributed by atoms with E-state index >= 15 is 0 Å². The molecule has 156 valence electrons. The molecule has 1 unspecified atom stereocenters. The van der Waals surface area contributed by atoms with Gasteiger partial charge in [-0.2, -0.15) is 0 Å². The maximum absolute atomic E-state index is 10.4. The minimum absolute atomic E-state index is 0.0556. The summed E-state index contributed by atoms with van der Waals surface area (Å²) in [5.74, 6) is 0.821. The summed E-state index contributed by atoms with van der Waals surface area (Å²) >= 11 is 6.40. The third kappa shape index (κ3) is 4.35. The fraction of sp³-hybridized carbons (Fsp3) is 0.429. The molecule has 2 aliphatic rings. The van der Waals surface area contributed by atoms with E-state index in [1.165, 1.54) is 0 Å². The van der Waals surface area contributed by atoms with Gasteiger partial charge in [-0.3, -0.25) is 0 Å². The van der Waals surface area contributed by atoms with Crippen molar-refractivity contribution in [2.24, 2.45) is 0 Å². The molecule has 0 aromatic heterocycles. The molecule has 4 rings (SSSR count). The van der Waals surface area contributed by atoms with E-state index in [2.05, 4.69) is 5.32 Å². The van der Waals surface area contributed by atoms with Crippen molar-refractivity contribution in [3.63, 3.8) is 0 Å². The summed E-state index contributed by atoms with van der Waals surface area (Å²) in [4.78, 5) is 0. The summed E-state index contributed by atoms with van der Waals surface area (Å²) in [7, 11) is 0. The lowest BCUT2D eigenvalue weighted by Crippen LogP contribution is -2.47. The van der Waals surface area contributed by atoms with Gasteiger partial charge in [0.2, 0.25) is 0 Å². The Morgan fingerprint density at radius 3 is 2.76 bits per heavy atom. The van der Waals surface area contributed by atoms with Crippen LogP contribution in [0.4, 0.5) is 5.69 Å². The number of fused-ring (bicyclic) bond motifs is 1. The van der Waals surface area contributed by atoms with Crippen LogP contribution in [0.5, 0.6) is 5.75 Å². The van der Waals surface area contributed by atoms with Crippen molar-refractivity contribution in [1.82, 2.24) is 0 Å². The second kappa shape index (κ2) is 8.47. The van der Waals surface area contributed by atoms with Crippen LogP contribution in [0.25, 0.3) is 0 Å². The average molecular weight is 422 g/mol. The Morgan fingerprint density at radius 1 is 1.14 bits per heavy atom. The lowest BCUT2D eigenvalue weighted by molar-refractivity contribution is -0.233. The highest BCUT2D eigenvalue weighted by atomic mass is 35.5. The molecule has 2 heterocycles. The second-order valence-corrected chi connectivity index (χ2v) is 7.84. The molecule has 2 aromatic carbocycles. The van der Waals surface area contributed by atoms with E-state index < -0.39 is 30.7 Å². The topological polar surface area (TPSA) is 111 Å². The van der Waals surface area contributed by atoms with Crippen molar-refractivity contribution < 1.29 is 29.9 Å². The highest BCUT2D eigenvalue weighted by Gasteiger charge is 2.40. The van der Waals surface area contributed by atoms with Gasteiger partial charge in [0.25, 0.3) is 0 Å². The highest BCUT2D eigenvalue weighted by Crippen LogP contribution is 2.35. The minimum atomic E-state index is -1.74. The van der Waals surface area contributed by atoms with Crippen LogP contribution in [0.15, 0.2) is 36.4 Å². The van der Waals surface area contributed by atoms with E-state index in [4.69, 9.17) is 21.1 Å². The fourth-order valence-electron chi connectivity index (χ4n) is 3.80. The Bertz CT molecular complexity index is 876. The van der Waals surface area contributed by atoms with Gasteiger partial charge < -0.3 is 35.2 Å². The van der Waals surface area contributed by atoms with Crippen LogP contribution in [0.3, 0.4) is 0 Å². The molecule has 0 amide bonds. The Balaban J connectivity index is 1.59. The predicted octanol–water partition coefficient (Wildman–Crippen LogP) is 1.60. The summed E-state index contributed by atoms with van der Waals surface area (Å²) in [6, 6.07) is 11.2. The molecule has 2 aromatic rings. The van der Waals surface area contributed by atoms with Crippen molar-refractivity contribution in [2.75, 3.05) is 18.5 Å². The maximum Gasteiger partial charge on any atom is 0.178 e. The molecule has 29 heavy (non-hydrogen) atoms. The van der Waals surface area contributed by atoms with Crippen LogP contribution < -0.4 is 10.1 Å². The quantitative estimate of drug-likeness (QED) is 0.477. The lowest BCUT2D eigenvalue weighted by atomic mass is 9.91. The summed E-state index contributed by atoms with van der Waals surface area (Å²) in [5.41, 5.74) is 3.42. The molecular weight excluding hydrogens is 398 g/mol. The van der Waals surface area contributed by atoms with Crippen LogP contribution in [0.1, 0.15) is 29.2 Å². The van der Waals surface area contributed by atoms with Crippen LogP contribution in [0, 0.1) is 0 Å². The van der Waals surface area contributed by atoms with Gasteiger partial charge in [0.1, 0.15) is 30.7 Å². The van der Waals surface area contributed by atoms with Gasteiger partial charge >= 0.3 is 0 Å². The number of nitrogens with one attached hydrogen (secondary N) is 1. The van der Waals surface area contributed by atoms with Gasteiger partial charge in [0, 0.05) is 18.0 Å². The first-order chi connectivity index (χ1) is 13.9. The number of aliphatic hydroxyl groups excluding tert-OH is 3. The van der Waals surface area contributed by atoms with Gasteiger partial charge in [0.15, 0.2) is 6.29 Å². The number of rotatable bonds is 4. The number of anilines is 1. The standard InChI is InChI=1S/C21H24ClNO6/c22-14-3-2-12(20-19(25)16(24)10-18(29-20)21(26)27)9-13(14)7-11-1-4-17-15(8-11)23-5-6-28-17/h1-4,8-9,16,18-21,23-27H,5-7,10H2/t16-,18?,19+,20-/m0/s1. The molecule has 1 saturated heterocycles. The number of halogens is 1. The first-order valence-electron chi connectivity index (χ1n) is 9.58. The minimum Gasteiger partial charge on any atom is -0.490 e. The predicted molar refractivity (Wildman–Crippen MR) is 107 cm³/mol. The molecule has 5 N–H and O–H groups in total. The molecule has 0 radical (unpaired) electrons. The summed E-state index contributed by atoms with van der Waals surface area (Å²) in [5, 5.41) is 43.2. The molecular formula is C21H24ClNO6. The zero-order valence-corrected chi connectivity index (χ0v) is 16.4. The van der Waals surface area contributed by atoms with Crippen molar-refractivity contribution in [2.45, 2.75) is 43.5 Å². The Labute approximate surface area is 173 Å². The zero-order valence-electron chi connectivity index (χ0n) is 15.7. The average Bonchev–Trinajstić information content (AvgIpc) is 2.71. The van der Waals surface area contributed by atoms with E-state index in [0.717, 1.165) is 29.1 Å². The Kier molecular flexibility index (Phi) is 5.96. The maximum atomic E-state index is 10.4. The SMILES string of the molecule is OC(O)C1C[C@H](O)[C@@H](O)[C@H](c2ccc(Cl)c(Cc3ccc4c(c3)NCCO4)c2)O1. The summed E-state index contributed by atoms with van der Waals surface area (Å²) in [6.07, 6.45) is -5.41. The number of hydrogen-bond donors (Lipinski definition) is 5. The highest BCUT2D eigenvalue weighted by molar-refractivity contribution is 6.31. The molecule has 7 nitrogen and oxygen atoms in total. The summed E-state index contributed by atoms with van der Waals surface area (Å²) in [6.45, 7) is 1.39. The molecule has 0 saturated carbocycles. The third-order valence-corrected chi connectivity index (χ3v) is 5.71. The van der Waals surface area contributed by atoms with E-state index in [1.807, 2.05) is 24.3 Å². The van der Waals surface area contributed by atoms with E-state index in [-0.39, 0.29) is 6.42 Å². The molecule has 0 bridgehead atoms. The molecule has 2 aliphatic heterocycles. The molecule has 1 fully saturated rings. The van der Waals surface area contributed by atoms with Crippen molar-refractivity contribution in [3.05, 3.63) is 58.1 Å². The fourth-order valence-corrected chi connectivity index (χ4v) is 3.98. The number of ether oxygens (including phenoxy) is 2. The molecule has 0 aliphatic carbocycles. The van der Waals surface area contributed by atoms with Gasteiger partial charge in [-0.05, 0) is 41.3 Å². The monoisotopic (exact) mass is 421 g/mol. The van der Waals surface area contributed by atoms with Gasteiger partial charge in [-0.25, -0.2) is 0 Å². The van der Waals surface area contributed by atoms with Crippen molar-refractivity contribution >= 4 is 17.3 Å². The molecule has 0 spiro atoms. The van der Waals surface area contributed by atoms with Crippen LogP contribution >= 0.6 is 11.6 Å².